The molecule has 6 heteroatoms. The number of methoxy groups -OCH3 is 1. The van der Waals surface area contributed by atoms with E-state index in [1.54, 1.807) is 19.1 Å². The molecule has 5 nitrogen and oxygen atoms in total. The number of rotatable bonds is 8. The van der Waals surface area contributed by atoms with Crippen molar-refractivity contribution in [1.29, 1.82) is 0 Å². The molecule has 0 aromatic heterocycles. The summed E-state index contributed by atoms with van der Waals surface area (Å²) in [5, 5.41) is 0. The van der Waals surface area contributed by atoms with E-state index in [1.165, 1.54) is 7.11 Å². The zero-order chi connectivity index (χ0) is 15.1. The number of ether oxygens (including phenoxy) is 2. The molecule has 0 saturated carbocycles. The molecule has 0 aliphatic rings. The van der Waals surface area contributed by atoms with Crippen molar-refractivity contribution in [2.75, 3.05) is 25.7 Å². The highest BCUT2D eigenvalue weighted by Crippen LogP contribution is 2.11. The van der Waals surface area contributed by atoms with Crippen molar-refractivity contribution in [3.05, 3.63) is 35.8 Å². The Bertz CT molecular complexity index is 463. The molecule has 0 aromatic rings. The van der Waals surface area contributed by atoms with Crippen LogP contribution >= 0.6 is 0 Å². The Balaban J connectivity index is 4.78. The summed E-state index contributed by atoms with van der Waals surface area (Å²) in [6, 6.07) is -0.628. The lowest BCUT2D eigenvalue weighted by Crippen LogP contribution is -2.30. The summed E-state index contributed by atoms with van der Waals surface area (Å²) in [4.78, 5) is 0. The Labute approximate surface area is 115 Å². The van der Waals surface area contributed by atoms with Crippen molar-refractivity contribution >= 4 is 9.84 Å². The normalized spacial score (nSPS) is 15.0. The van der Waals surface area contributed by atoms with Crippen LogP contribution in [0.1, 0.15) is 13.8 Å². The summed E-state index contributed by atoms with van der Waals surface area (Å²) in [6.45, 7) is 7.96. The van der Waals surface area contributed by atoms with E-state index in [4.69, 9.17) is 15.2 Å². The maximum absolute atomic E-state index is 11.1. The van der Waals surface area contributed by atoms with Crippen molar-refractivity contribution in [1.82, 2.24) is 0 Å². The van der Waals surface area contributed by atoms with Crippen LogP contribution in [0.3, 0.4) is 0 Å². The quantitative estimate of drug-likeness (QED) is 0.539. The van der Waals surface area contributed by atoms with Crippen LogP contribution in [-0.2, 0) is 19.3 Å². The van der Waals surface area contributed by atoms with Gasteiger partial charge in [0.05, 0.1) is 19.5 Å². The molecule has 0 aliphatic carbocycles. The summed E-state index contributed by atoms with van der Waals surface area (Å²) in [5.41, 5.74) is 6.27. The van der Waals surface area contributed by atoms with Crippen LogP contribution in [0.4, 0.5) is 0 Å². The van der Waals surface area contributed by atoms with E-state index in [2.05, 4.69) is 6.58 Å². The summed E-state index contributed by atoms with van der Waals surface area (Å²) in [5.74, 6) is 1.06. The minimum Gasteiger partial charge on any atom is -0.495 e. The van der Waals surface area contributed by atoms with E-state index in [-0.39, 0.29) is 5.75 Å². The highest BCUT2D eigenvalue weighted by molar-refractivity contribution is 7.90. The first-order chi connectivity index (χ1) is 8.71. The van der Waals surface area contributed by atoms with Gasteiger partial charge >= 0.3 is 0 Å². The van der Waals surface area contributed by atoms with Crippen LogP contribution in [0.5, 0.6) is 0 Å². The zero-order valence-electron chi connectivity index (χ0n) is 12.0. The van der Waals surface area contributed by atoms with E-state index in [0.717, 1.165) is 6.26 Å². The predicted octanol–water partition coefficient (Wildman–Crippen LogP) is 1.39. The molecule has 0 aromatic carbocycles. The fourth-order valence-corrected chi connectivity index (χ4v) is 2.22. The van der Waals surface area contributed by atoms with Gasteiger partial charge in [0.15, 0.2) is 5.76 Å². The number of hydrogen-bond acceptors (Lipinski definition) is 5. The molecule has 19 heavy (non-hydrogen) atoms. The lowest BCUT2D eigenvalue weighted by molar-refractivity contribution is 0.195. The lowest BCUT2D eigenvalue weighted by atomic mass is 10.1. The van der Waals surface area contributed by atoms with Gasteiger partial charge < -0.3 is 15.2 Å². The predicted molar refractivity (Wildman–Crippen MR) is 77.3 cm³/mol. The van der Waals surface area contributed by atoms with Gasteiger partial charge in [-0.15, -0.1) is 0 Å². The molecule has 1 atom stereocenters. The molecule has 0 spiro atoms. The SMILES string of the molecule is C=C(/C=C\C(OC)=C(/C)OCC)[C@H](N)CS(C)(=O)=O. The highest BCUT2D eigenvalue weighted by atomic mass is 32.2. The van der Waals surface area contributed by atoms with Gasteiger partial charge in [0.25, 0.3) is 0 Å². The molecule has 0 rings (SSSR count). The average Bonchev–Trinajstić information content (AvgIpc) is 2.27. The molecule has 0 unspecified atom stereocenters. The monoisotopic (exact) mass is 289 g/mol. The Morgan fingerprint density at radius 1 is 1.42 bits per heavy atom. The maximum atomic E-state index is 11.1. The smallest absolute Gasteiger partial charge is 0.156 e. The maximum Gasteiger partial charge on any atom is 0.156 e. The number of sulfone groups is 1. The number of allylic oxidation sites excluding steroid dienone is 2. The van der Waals surface area contributed by atoms with E-state index >= 15 is 0 Å². The molecule has 0 bridgehead atoms. The number of nitrogens with two attached hydrogens (primary N) is 1. The summed E-state index contributed by atoms with van der Waals surface area (Å²) < 4.78 is 32.7. The van der Waals surface area contributed by atoms with Gasteiger partial charge in [-0.2, -0.15) is 0 Å². The summed E-state index contributed by atoms with van der Waals surface area (Å²) in [7, 11) is -1.60. The van der Waals surface area contributed by atoms with Crippen LogP contribution in [0.15, 0.2) is 35.8 Å². The molecule has 0 amide bonds. The molecular weight excluding hydrogens is 266 g/mol. The van der Waals surface area contributed by atoms with Crippen molar-refractivity contribution in [3.63, 3.8) is 0 Å². The van der Waals surface area contributed by atoms with Gasteiger partial charge in [-0.05, 0) is 25.5 Å². The van der Waals surface area contributed by atoms with Crippen LogP contribution in [0.25, 0.3) is 0 Å². The summed E-state index contributed by atoms with van der Waals surface area (Å²) in [6.07, 6.45) is 4.44. The third-order valence-corrected chi connectivity index (χ3v) is 3.30. The van der Waals surface area contributed by atoms with Crippen LogP contribution in [0.2, 0.25) is 0 Å². The first kappa shape index (κ1) is 17.7. The molecule has 0 saturated heterocycles. The second-order valence-electron chi connectivity index (χ2n) is 4.16. The second kappa shape index (κ2) is 8.01. The van der Waals surface area contributed by atoms with Crippen molar-refractivity contribution in [2.45, 2.75) is 19.9 Å². The van der Waals surface area contributed by atoms with Crippen LogP contribution < -0.4 is 5.73 Å². The van der Waals surface area contributed by atoms with Crippen molar-refractivity contribution < 1.29 is 17.9 Å². The minimum atomic E-state index is -3.13. The molecule has 0 aliphatic heterocycles. The highest BCUT2D eigenvalue weighted by Gasteiger charge is 2.12. The fourth-order valence-electron chi connectivity index (χ4n) is 1.36. The van der Waals surface area contributed by atoms with Crippen molar-refractivity contribution in [3.8, 4) is 0 Å². The third-order valence-electron chi connectivity index (χ3n) is 2.34. The molecule has 0 radical (unpaired) electrons. The van der Waals surface area contributed by atoms with Crippen molar-refractivity contribution in [2.24, 2.45) is 5.73 Å². The molecule has 0 fully saturated rings. The van der Waals surface area contributed by atoms with Gasteiger partial charge in [-0.25, -0.2) is 8.42 Å². The Morgan fingerprint density at radius 3 is 2.42 bits per heavy atom. The van der Waals surface area contributed by atoms with E-state index < -0.39 is 15.9 Å². The average molecular weight is 289 g/mol. The topological polar surface area (TPSA) is 78.6 Å². The molecular formula is C13H23NO4S. The fraction of sp³-hybridized carbons (Fsp3) is 0.538. The first-order valence-corrected chi connectivity index (χ1v) is 7.95. The van der Waals surface area contributed by atoms with Gasteiger partial charge in [-0.3, -0.25) is 0 Å². The second-order valence-corrected chi connectivity index (χ2v) is 6.35. The zero-order valence-corrected chi connectivity index (χ0v) is 12.8. The van der Waals surface area contributed by atoms with Gasteiger partial charge in [0.1, 0.15) is 15.6 Å². The lowest BCUT2D eigenvalue weighted by Gasteiger charge is -2.11. The van der Waals surface area contributed by atoms with E-state index in [9.17, 15) is 8.42 Å². The molecule has 0 heterocycles. The van der Waals surface area contributed by atoms with E-state index in [1.807, 2.05) is 6.92 Å². The largest absolute Gasteiger partial charge is 0.495 e. The molecule has 110 valence electrons. The van der Waals surface area contributed by atoms with Crippen LogP contribution in [-0.4, -0.2) is 40.2 Å². The Kier molecular flexibility index (Phi) is 7.48. The van der Waals surface area contributed by atoms with Gasteiger partial charge in [0.2, 0.25) is 0 Å². The Morgan fingerprint density at radius 2 is 2.00 bits per heavy atom. The minimum absolute atomic E-state index is 0.132. The van der Waals surface area contributed by atoms with Gasteiger partial charge in [0, 0.05) is 12.3 Å². The first-order valence-electron chi connectivity index (χ1n) is 5.89. The standard InChI is InChI=1S/C13H23NO4S/c1-6-18-11(3)13(17-4)8-7-10(2)12(14)9-19(5,15)16/h7-8,12H,2,6,9,14H2,1,3-5H3/b8-7-,13-11-/t12-/m1/s1. The summed E-state index contributed by atoms with van der Waals surface area (Å²) >= 11 is 0. The van der Waals surface area contributed by atoms with Crippen LogP contribution in [0, 0.1) is 0 Å². The van der Waals surface area contributed by atoms with E-state index in [0.29, 0.717) is 23.7 Å². The van der Waals surface area contributed by atoms with Gasteiger partial charge in [-0.1, -0.05) is 12.7 Å². The number of hydrogen-bond donors (Lipinski definition) is 1. The third kappa shape index (κ3) is 7.69. The Hall–Kier alpha value is -1.27. The molecule has 2 N–H and O–H groups in total.